The van der Waals surface area contributed by atoms with Gasteiger partial charge in [0.25, 0.3) is 11.8 Å². The molecule has 11 nitrogen and oxygen atoms in total. The number of amides is 2. The van der Waals surface area contributed by atoms with Crippen LogP contribution in [0.4, 0.5) is 5.82 Å². The molecule has 0 bridgehead atoms. The van der Waals surface area contributed by atoms with E-state index in [-0.39, 0.29) is 35.4 Å². The van der Waals surface area contributed by atoms with Crippen molar-refractivity contribution in [1.29, 1.82) is 0 Å². The van der Waals surface area contributed by atoms with Gasteiger partial charge >= 0.3 is 0 Å². The third kappa shape index (κ3) is 5.01. The van der Waals surface area contributed by atoms with E-state index in [1.165, 1.54) is 24.5 Å². The van der Waals surface area contributed by atoms with Crippen LogP contribution in [0.2, 0.25) is 0 Å². The number of aliphatic hydroxyl groups excluding tert-OH is 1. The molecule has 1 aliphatic heterocycles. The number of ether oxygens (including phenoxy) is 2. The molecule has 1 aliphatic rings. The normalized spacial score (nSPS) is 13.8. The van der Waals surface area contributed by atoms with E-state index in [0.717, 1.165) is 19.5 Å². The molecule has 0 aliphatic carbocycles. The molecule has 4 rings (SSSR count). The van der Waals surface area contributed by atoms with Gasteiger partial charge in [-0.25, -0.2) is 9.97 Å². The second kappa shape index (κ2) is 9.43. The van der Waals surface area contributed by atoms with Crippen molar-refractivity contribution in [2.75, 3.05) is 25.0 Å². The Hall–Kier alpha value is -3.99. The van der Waals surface area contributed by atoms with Gasteiger partial charge in [0.05, 0.1) is 19.0 Å². The third-order valence-corrected chi connectivity index (χ3v) is 4.69. The van der Waals surface area contributed by atoms with Gasteiger partial charge in [-0.1, -0.05) is 0 Å². The number of likely N-dealkylation sites (tertiary alicyclic amines) is 1. The summed E-state index contributed by atoms with van der Waals surface area (Å²) < 4.78 is 11.4. The monoisotopic (exact) mass is 438 g/mol. The summed E-state index contributed by atoms with van der Waals surface area (Å²) in [5.74, 6) is 0.522. The number of anilines is 1. The molecule has 1 fully saturated rings. The van der Waals surface area contributed by atoms with Gasteiger partial charge in [0.2, 0.25) is 5.88 Å². The minimum atomic E-state index is -0.487. The van der Waals surface area contributed by atoms with Crippen molar-refractivity contribution in [1.82, 2.24) is 25.1 Å². The van der Waals surface area contributed by atoms with E-state index in [9.17, 15) is 14.7 Å². The molecule has 1 aromatic carbocycles. The zero-order valence-electron chi connectivity index (χ0n) is 17.3. The van der Waals surface area contributed by atoms with Gasteiger partial charge in [0, 0.05) is 37.0 Å². The van der Waals surface area contributed by atoms with Crippen molar-refractivity contribution in [3.8, 4) is 17.4 Å². The van der Waals surface area contributed by atoms with Crippen LogP contribution in [0.15, 0.2) is 42.9 Å². The van der Waals surface area contributed by atoms with Gasteiger partial charge in [-0.05, 0) is 25.5 Å². The highest BCUT2D eigenvalue weighted by Gasteiger charge is 2.23. The number of H-pyrrole nitrogens is 1. The highest BCUT2D eigenvalue weighted by molar-refractivity contribution is 6.04. The third-order valence-electron chi connectivity index (χ3n) is 4.69. The minimum absolute atomic E-state index is 0.149. The Morgan fingerprint density at radius 1 is 1.22 bits per heavy atom. The van der Waals surface area contributed by atoms with E-state index in [1.807, 2.05) is 0 Å². The van der Waals surface area contributed by atoms with Crippen LogP contribution in [-0.2, 0) is 0 Å². The van der Waals surface area contributed by atoms with Crippen LogP contribution in [-0.4, -0.2) is 67.8 Å². The first-order valence-corrected chi connectivity index (χ1v) is 10.0. The van der Waals surface area contributed by atoms with E-state index in [4.69, 9.17) is 9.47 Å². The van der Waals surface area contributed by atoms with E-state index < -0.39 is 12.0 Å². The molecule has 1 saturated heterocycles. The summed E-state index contributed by atoms with van der Waals surface area (Å²) in [7, 11) is 0. The van der Waals surface area contributed by atoms with Gasteiger partial charge in [-0.15, -0.1) is 0 Å². The number of benzene rings is 1. The Morgan fingerprint density at radius 2 is 2.03 bits per heavy atom. The lowest BCUT2D eigenvalue weighted by molar-refractivity contribution is 0.0645. The maximum absolute atomic E-state index is 12.6. The zero-order chi connectivity index (χ0) is 22.5. The van der Waals surface area contributed by atoms with Crippen LogP contribution in [0.1, 0.15) is 34.2 Å². The van der Waals surface area contributed by atoms with Gasteiger partial charge < -0.3 is 24.8 Å². The molecule has 3 N–H and O–H groups in total. The lowest BCUT2D eigenvalue weighted by atomic mass is 10.2. The first-order valence-electron chi connectivity index (χ1n) is 10.0. The van der Waals surface area contributed by atoms with E-state index in [0.29, 0.717) is 11.6 Å². The number of aliphatic hydroxyl groups is 1. The number of carbonyl (C=O) groups is 2. The summed E-state index contributed by atoms with van der Waals surface area (Å²) in [5, 5.41) is 18.5. The van der Waals surface area contributed by atoms with E-state index in [1.54, 1.807) is 30.2 Å². The molecule has 3 heterocycles. The molecule has 1 unspecified atom stereocenters. The Bertz CT molecular complexity index is 1080. The summed E-state index contributed by atoms with van der Waals surface area (Å²) in [6.07, 6.45) is 4.79. The predicted molar refractivity (Wildman–Crippen MR) is 113 cm³/mol. The van der Waals surface area contributed by atoms with Crippen LogP contribution in [0.5, 0.6) is 17.4 Å². The van der Waals surface area contributed by atoms with Crippen molar-refractivity contribution in [2.24, 2.45) is 0 Å². The van der Waals surface area contributed by atoms with Crippen LogP contribution >= 0.6 is 0 Å². The molecule has 32 heavy (non-hydrogen) atoms. The fourth-order valence-electron chi connectivity index (χ4n) is 2.90. The Morgan fingerprint density at radius 3 is 2.66 bits per heavy atom. The zero-order valence-corrected chi connectivity index (χ0v) is 17.3. The number of rotatable bonds is 8. The number of aromatic amines is 1. The smallest absolute Gasteiger partial charge is 0.274 e. The molecule has 2 aromatic heterocycles. The average molecular weight is 438 g/mol. The summed E-state index contributed by atoms with van der Waals surface area (Å²) in [4.78, 5) is 34.8. The van der Waals surface area contributed by atoms with Gasteiger partial charge in [0.1, 0.15) is 23.3 Å². The van der Waals surface area contributed by atoms with Crippen molar-refractivity contribution < 1.29 is 24.2 Å². The largest absolute Gasteiger partial charge is 0.488 e. The first-order chi connectivity index (χ1) is 15.5. The summed E-state index contributed by atoms with van der Waals surface area (Å²) in [5.41, 5.74) is 0.494. The van der Waals surface area contributed by atoms with Crippen LogP contribution in [0.3, 0.4) is 0 Å². The van der Waals surface area contributed by atoms with Crippen molar-refractivity contribution in [2.45, 2.75) is 19.4 Å². The quantitative estimate of drug-likeness (QED) is 0.484. The minimum Gasteiger partial charge on any atom is -0.488 e. The Kier molecular flexibility index (Phi) is 6.26. The van der Waals surface area contributed by atoms with Gasteiger partial charge in [-0.2, -0.15) is 5.10 Å². The molecule has 0 radical (unpaired) electrons. The molecular formula is C21H22N6O5. The maximum Gasteiger partial charge on any atom is 0.274 e. The molecule has 1 atom stereocenters. The lowest BCUT2D eigenvalue weighted by Gasteiger charge is -2.30. The van der Waals surface area contributed by atoms with E-state index >= 15 is 0 Å². The molecule has 166 valence electrons. The number of hydrogen-bond acceptors (Lipinski definition) is 8. The number of hydrogen-bond donors (Lipinski definition) is 3. The molecule has 11 heteroatoms. The SMILES string of the molecule is CC(CO)Oc1cc(Oc2cnc(C(=O)N3CCC3)cn2)cc(C(=O)Nc2cc[nH]n2)c1. The summed E-state index contributed by atoms with van der Waals surface area (Å²) in [6, 6.07) is 6.22. The summed E-state index contributed by atoms with van der Waals surface area (Å²) in [6.45, 7) is 2.94. The lowest BCUT2D eigenvalue weighted by Crippen LogP contribution is -2.42. The van der Waals surface area contributed by atoms with Crippen molar-refractivity contribution in [3.63, 3.8) is 0 Å². The Balaban J connectivity index is 1.54. The van der Waals surface area contributed by atoms with Crippen LogP contribution < -0.4 is 14.8 Å². The first kappa shape index (κ1) is 21.2. The maximum atomic E-state index is 12.6. The standard InChI is InChI=1S/C21H22N6O5/c1-13(12-28)31-15-7-14(20(29)25-18-3-4-24-26-18)8-16(9-15)32-19-11-22-17(10-23-19)21(30)27-5-2-6-27/h3-4,7-11,13,28H,2,5-6,12H2,1H3,(H2,24,25,26,29). The summed E-state index contributed by atoms with van der Waals surface area (Å²) >= 11 is 0. The van der Waals surface area contributed by atoms with Crippen molar-refractivity contribution >= 4 is 17.6 Å². The molecular weight excluding hydrogens is 416 g/mol. The highest BCUT2D eigenvalue weighted by atomic mass is 16.5. The highest BCUT2D eigenvalue weighted by Crippen LogP contribution is 2.28. The predicted octanol–water partition coefficient (Wildman–Crippen LogP) is 1.85. The van der Waals surface area contributed by atoms with Gasteiger partial charge in [0.15, 0.2) is 5.82 Å². The molecule has 0 spiro atoms. The number of nitrogens with one attached hydrogen (secondary N) is 2. The van der Waals surface area contributed by atoms with Gasteiger partial charge in [-0.3, -0.25) is 14.7 Å². The number of carbonyl (C=O) groups excluding carboxylic acids is 2. The van der Waals surface area contributed by atoms with Crippen LogP contribution in [0, 0.1) is 0 Å². The second-order valence-electron chi connectivity index (χ2n) is 7.21. The van der Waals surface area contributed by atoms with Crippen LogP contribution in [0.25, 0.3) is 0 Å². The molecule has 0 saturated carbocycles. The van der Waals surface area contributed by atoms with E-state index in [2.05, 4.69) is 25.5 Å². The average Bonchev–Trinajstić information content (AvgIpc) is 3.25. The Labute approximate surface area is 183 Å². The second-order valence-corrected chi connectivity index (χ2v) is 7.21. The molecule has 2 amide bonds. The molecule has 3 aromatic rings. The number of aromatic nitrogens is 4. The fourth-order valence-corrected chi connectivity index (χ4v) is 2.90. The number of nitrogens with zero attached hydrogens (tertiary/aromatic N) is 4. The fraction of sp³-hybridized carbons (Fsp3) is 0.286. The topological polar surface area (TPSA) is 143 Å². The van der Waals surface area contributed by atoms with Crippen molar-refractivity contribution in [3.05, 3.63) is 54.1 Å².